The van der Waals surface area contributed by atoms with Crippen LogP contribution < -0.4 is 0 Å². The van der Waals surface area contributed by atoms with E-state index in [4.69, 9.17) is 4.52 Å². The number of rotatable bonds is 4. The number of halogens is 3. The summed E-state index contributed by atoms with van der Waals surface area (Å²) in [5.74, 6) is 0.609. The van der Waals surface area contributed by atoms with Crippen LogP contribution in [-0.4, -0.2) is 52.7 Å². The standard InChI is InChI=1S/C17H21F3N4O/c1-3-23-7-9-24(10-8-23)12(2)16-21-15(22-25-16)13-5-4-6-14(11-13)17(18,19)20/h4-6,11-12H,3,7-10H2,1-2H3/t12-/m1/s1. The lowest BCUT2D eigenvalue weighted by atomic mass is 10.1. The molecule has 1 aliphatic rings. The molecule has 0 radical (unpaired) electrons. The highest BCUT2D eigenvalue weighted by atomic mass is 19.4. The average Bonchev–Trinajstić information content (AvgIpc) is 3.11. The molecule has 2 heterocycles. The number of alkyl halides is 3. The number of piperazine rings is 1. The zero-order valence-corrected chi connectivity index (χ0v) is 14.3. The predicted molar refractivity (Wildman–Crippen MR) is 86.8 cm³/mol. The van der Waals surface area contributed by atoms with Crippen LogP contribution in [0.1, 0.15) is 31.3 Å². The van der Waals surface area contributed by atoms with E-state index in [1.807, 2.05) is 6.92 Å². The van der Waals surface area contributed by atoms with Gasteiger partial charge in [-0.2, -0.15) is 18.2 Å². The Balaban J connectivity index is 1.74. The van der Waals surface area contributed by atoms with E-state index in [1.54, 1.807) is 6.07 Å². The van der Waals surface area contributed by atoms with Gasteiger partial charge in [0.05, 0.1) is 11.6 Å². The summed E-state index contributed by atoms with van der Waals surface area (Å²) in [4.78, 5) is 8.93. The molecule has 1 saturated heterocycles. The minimum absolute atomic E-state index is 0.0638. The molecule has 0 bridgehead atoms. The van der Waals surface area contributed by atoms with Crippen LogP contribution in [0.25, 0.3) is 11.4 Å². The number of likely N-dealkylation sites (N-methyl/N-ethyl adjacent to an activating group) is 1. The van der Waals surface area contributed by atoms with E-state index >= 15 is 0 Å². The second kappa shape index (κ2) is 7.13. The van der Waals surface area contributed by atoms with E-state index in [-0.39, 0.29) is 11.9 Å². The Morgan fingerprint density at radius 3 is 2.56 bits per heavy atom. The molecule has 2 aromatic rings. The van der Waals surface area contributed by atoms with Gasteiger partial charge in [0.1, 0.15) is 0 Å². The van der Waals surface area contributed by atoms with E-state index in [9.17, 15) is 13.2 Å². The van der Waals surface area contributed by atoms with Crippen molar-refractivity contribution in [2.75, 3.05) is 32.7 Å². The molecule has 0 unspecified atom stereocenters. The van der Waals surface area contributed by atoms with Crippen molar-refractivity contribution >= 4 is 0 Å². The summed E-state index contributed by atoms with van der Waals surface area (Å²) >= 11 is 0. The van der Waals surface area contributed by atoms with Gasteiger partial charge in [-0.25, -0.2) is 0 Å². The van der Waals surface area contributed by atoms with Crippen LogP contribution in [0.3, 0.4) is 0 Å². The van der Waals surface area contributed by atoms with Crippen LogP contribution in [0.5, 0.6) is 0 Å². The number of nitrogens with zero attached hydrogens (tertiary/aromatic N) is 4. The SMILES string of the molecule is CCN1CCN([C@H](C)c2nc(-c3cccc(C(F)(F)F)c3)no2)CC1. The van der Waals surface area contributed by atoms with Crippen molar-refractivity contribution in [2.45, 2.75) is 26.1 Å². The number of hydrogen-bond acceptors (Lipinski definition) is 5. The summed E-state index contributed by atoms with van der Waals surface area (Å²) in [5.41, 5.74) is -0.423. The van der Waals surface area contributed by atoms with Gasteiger partial charge >= 0.3 is 6.18 Å². The molecule has 136 valence electrons. The maximum atomic E-state index is 12.8. The number of aromatic nitrogens is 2. The lowest BCUT2D eigenvalue weighted by molar-refractivity contribution is -0.137. The molecule has 3 rings (SSSR count). The Morgan fingerprint density at radius 2 is 1.92 bits per heavy atom. The highest BCUT2D eigenvalue weighted by molar-refractivity contribution is 5.55. The quantitative estimate of drug-likeness (QED) is 0.841. The van der Waals surface area contributed by atoms with Crippen molar-refractivity contribution < 1.29 is 17.7 Å². The Morgan fingerprint density at radius 1 is 1.20 bits per heavy atom. The summed E-state index contributed by atoms with van der Waals surface area (Å²) in [6.07, 6.45) is -4.39. The number of hydrogen-bond donors (Lipinski definition) is 0. The van der Waals surface area contributed by atoms with E-state index in [0.29, 0.717) is 11.5 Å². The van der Waals surface area contributed by atoms with Crippen LogP contribution in [0.15, 0.2) is 28.8 Å². The Bertz CT molecular complexity index is 708. The highest BCUT2D eigenvalue weighted by Gasteiger charge is 2.31. The minimum Gasteiger partial charge on any atom is -0.337 e. The lowest BCUT2D eigenvalue weighted by Crippen LogP contribution is -2.46. The maximum Gasteiger partial charge on any atom is 0.416 e. The highest BCUT2D eigenvalue weighted by Crippen LogP contribution is 2.32. The van der Waals surface area contributed by atoms with Crippen molar-refractivity contribution in [3.05, 3.63) is 35.7 Å². The van der Waals surface area contributed by atoms with Crippen molar-refractivity contribution in [3.8, 4) is 11.4 Å². The molecule has 8 heteroatoms. The second-order valence-electron chi connectivity index (χ2n) is 6.18. The molecular weight excluding hydrogens is 333 g/mol. The molecule has 1 fully saturated rings. The van der Waals surface area contributed by atoms with E-state index in [2.05, 4.69) is 26.9 Å². The van der Waals surface area contributed by atoms with Crippen molar-refractivity contribution in [3.63, 3.8) is 0 Å². The van der Waals surface area contributed by atoms with Gasteiger partial charge in [-0.15, -0.1) is 0 Å². The summed E-state index contributed by atoms with van der Waals surface area (Å²) < 4.78 is 43.9. The molecule has 0 spiro atoms. The molecule has 1 aromatic carbocycles. The summed E-state index contributed by atoms with van der Waals surface area (Å²) in [7, 11) is 0. The predicted octanol–water partition coefficient (Wildman–Crippen LogP) is 3.45. The van der Waals surface area contributed by atoms with Crippen LogP contribution in [0.4, 0.5) is 13.2 Å². The normalized spacial score (nSPS) is 18.4. The molecule has 0 aliphatic carbocycles. The van der Waals surface area contributed by atoms with Crippen LogP contribution >= 0.6 is 0 Å². The molecule has 5 nitrogen and oxygen atoms in total. The third kappa shape index (κ3) is 4.01. The van der Waals surface area contributed by atoms with Gasteiger partial charge < -0.3 is 9.42 Å². The van der Waals surface area contributed by atoms with Crippen LogP contribution in [-0.2, 0) is 6.18 Å². The first kappa shape index (κ1) is 17.9. The molecule has 1 aromatic heterocycles. The summed E-state index contributed by atoms with van der Waals surface area (Å²) in [6.45, 7) is 8.91. The fourth-order valence-corrected chi connectivity index (χ4v) is 2.98. The third-order valence-electron chi connectivity index (χ3n) is 4.65. The molecule has 0 N–H and O–H groups in total. The van der Waals surface area contributed by atoms with Crippen molar-refractivity contribution in [1.82, 2.24) is 19.9 Å². The fraction of sp³-hybridized carbons (Fsp3) is 0.529. The van der Waals surface area contributed by atoms with Crippen molar-refractivity contribution in [2.24, 2.45) is 0 Å². The Kier molecular flexibility index (Phi) is 5.10. The first-order valence-corrected chi connectivity index (χ1v) is 8.36. The topological polar surface area (TPSA) is 45.4 Å². The maximum absolute atomic E-state index is 12.8. The third-order valence-corrected chi connectivity index (χ3v) is 4.65. The fourth-order valence-electron chi connectivity index (χ4n) is 2.98. The molecule has 0 amide bonds. The second-order valence-corrected chi connectivity index (χ2v) is 6.18. The molecule has 25 heavy (non-hydrogen) atoms. The van der Waals surface area contributed by atoms with Gasteiger partial charge in [-0.1, -0.05) is 24.2 Å². The molecule has 0 saturated carbocycles. The van der Waals surface area contributed by atoms with Gasteiger partial charge in [0.25, 0.3) is 0 Å². The van der Waals surface area contributed by atoms with E-state index in [1.165, 1.54) is 6.07 Å². The first-order chi connectivity index (χ1) is 11.9. The van der Waals surface area contributed by atoms with Gasteiger partial charge in [0.2, 0.25) is 11.7 Å². The lowest BCUT2D eigenvalue weighted by Gasteiger charge is -2.36. The van der Waals surface area contributed by atoms with Crippen molar-refractivity contribution in [1.29, 1.82) is 0 Å². The zero-order valence-electron chi connectivity index (χ0n) is 14.3. The zero-order chi connectivity index (χ0) is 18.0. The Labute approximate surface area is 144 Å². The van der Waals surface area contributed by atoms with Gasteiger partial charge in [-0.3, -0.25) is 4.90 Å². The molecular formula is C17H21F3N4O. The van der Waals surface area contributed by atoms with Crippen LogP contribution in [0, 0.1) is 0 Å². The van der Waals surface area contributed by atoms with E-state index in [0.717, 1.165) is 44.9 Å². The smallest absolute Gasteiger partial charge is 0.337 e. The van der Waals surface area contributed by atoms with Gasteiger partial charge in [0, 0.05) is 31.7 Å². The minimum atomic E-state index is -4.39. The average molecular weight is 354 g/mol. The summed E-state index contributed by atoms with van der Waals surface area (Å²) in [5, 5.41) is 3.87. The van der Waals surface area contributed by atoms with Gasteiger partial charge in [0.15, 0.2) is 0 Å². The largest absolute Gasteiger partial charge is 0.416 e. The van der Waals surface area contributed by atoms with Crippen LogP contribution in [0.2, 0.25) is 0 Å². The molecule has 1 aliphatic heterocycles. The van der Waals surface area contributed by atoms with E-state index < -0.39 is 11.7 Å². The van der Waals surface area contributed by atoms with Gasteiger partial charge in [-0.05, 0) is 25.6 Å². The number of benzene rings is 1. The summed E-state index contributed by atoms with van der Waals surface area (Å²) in [6, 6.07) is 4.90. The molecule has 1 atom stereocenters. The monoisotopic (exact) mass is 354 g/mol. The Hall–Kier alpha value is -1.93. The first-order valence-electron chi connectivity index (χ1n) is 8.36.